The molecular formula is C15H20O2. The fraction of sp³-hybridized carbons (Fsp3) is 0.467. The molecule has 0 amide bonds. The summed E-state index contributed by atoms with van der Waals surface area (Å²) >= 11 is 0. The van der Waals surface area contributed by atoms with E-state index in [0.29, 0.717) is 0 Å². The van der Waals surface area contributed by atoms with Gasteiger partial charge in [0.2, 0.25) is 0 Å². The Balaban J connectivity index is 2.56. The van der Waals surface area contributed by atoms with Gasteiger partial charge in [-0.15, -0.1) is 0 Å². The topological polar surface area (TPSA) is 18.5 Å². The molecule has 0 N–H and O–H groups in total. The molecule has 1 rings (SSSR count). The van der Waals surface area contributed by atoms with E-state index in [-0.39, 0.29) is 6.79 Å². The molecule has 0 bridgehead atoms. The van der Waals surface area contributed by atoms with Crippen molar-refractivity contribution in [3.8, 4) is 17.6 Å². The van der Waals surface area contributed by atoms with E-state index in [2.05, 4.69) is 18.8 Å². The van der Waals surface area contributed by atoms with Crippen LogP contribution in [0.15, 0.2) is 24.3 Å². The molecule has 0 spiro atoms. The first-order chi connectivity index (χ1) is 8.38. The zero-order valence-electron chi connectivity index (χ0n) is 10.7. The minimum absolute atomic E-state index is 0.258. The van der Waals surface area contributed by atoms with Gasteiger partial charge in [-0.1, -0.05) is 43.7 Å². The molecule has 1 aromatic carbocycles. The van der Waals surface area contributed by atoms with Gasteiger partial charge >= 0.3 is 0 Å². The van der Waals surface area contributed by atoms with Gasteiger partial charge in [0.15, 0.2) is 6.79 Å². The lowest BCUT2D eigenvalue weighted by Crippen LogP contribution is -2.00. The molecule has 0 unspecified atom stereocenters. The van der Waals surface area contributed by atoms with Gasteiger partial charge in [-0.05, 0) is 18.6 Å². The molecular weight excluding hydrogens is 212 g/mol. The average molecular weight is 232 g/mol. The van der Waals surface area contributed by atoms with Crippen LogP contribution in [0.1, 0.15) is 38.2 Å². The Kier molecular flexibility index (Phi) is 6.93. The summed E-state index contributed by atoms with van der Waals surface area (Å²) in [5.74, 6) is 7.12. The predicted molar refractivity (Wildman–Crippen MR) is 70.0 cm³/mol. The smallest absolute Gasteiger partial charge is 0.188 e. The highest BCUT2D eigenvalue weighted by Gasteiger charge is 1.98. The van der Waals surface area contributed by atoms with Crippen LogP contribution in [-0.2, 0) is 4.74 Å². The average Bonchev–Trinajstić information content (AvgIpc) is 2.37. The second-order valence-electron chi connectivity index (χ2n) is 3.81. The van der Waals surface area contributed by atoms with E-state index in [4.69, 9.17) is 9.47 Å². The summed E-state index contributed by atoms with van der Waals surface area (Å²) in [5, 5.41) is 0. The second-order valence-corrected chi connectivity index (χ2v) is 3.81. The Bertz CT molecular complexity index is 374. The molecule has 1 aromatic rings. The maximum absolute atomic E-state index is 5.44. The van der Waals surface area contributed by atoms with Crippen molar-refractivity contribution in [1.29, 1.82) is 0 Å². The summed E-state index contributed by atoms with van der Waals surface area (Å²) in [5.41, 5.74) is 0.932. The summed E-state index contributed by atoms with van der Waals surface area (Å²) in [6, 6.07) is 7.79. The number of para-hydroxylation sites is 1. The van der Waals surface area contributed by atoms with E-state index in [1.54, 1.807) is 7.11 Å². The van der Waals surface area contributed by atoms with Crippen molar-refractivity contribution in [3.63, 3.8) is 0 Å². The Hall–Kier alpha value is -1.46. The highest BCUT2D eigenvalue weighted by Crippen LogP contribution is 2.16. The minimum Gasteiger partial charge on any atom is -0.466 e. The lowest BCUT2D eigenvalue weighted by atomic mass is 10.1. The number of methoxy groups -OCH3 is 1. The lowest BCUT2D eigenvalue weighted by molar-refractivity contribution is 0.0509. The molecule has 92 valence electrons. The molecule has 0 aliphatic rings. The molecule has 0 saturated heterocycles. The van der Waals surface area contributed by atoms with Crippen molar-refractivity contribution in [3.05, 3.63) is 29.8 Å². The van der Waals surface area contributed by atoms with Crippen molar-refractivity contribution in [2.45, 2.75) is 32.6 Å². The van der Waals surface area contributed by atoms with E-state index in [9.17, 15) is 0 Å². The molecule has 0 saturated carbocycles. The van der Waals surface area contributed by atoms with Gasteiger partial charge in [-0.25, -0.2) is 0 Å². The van der Waals surface area contributed by atoms with Crippen LogP contribution in [-0.4, -0.2) is 13.9 Å². The summed E-state index contributed by atoms with van der Waals surface area (Å²) in [6.45, 7) is 2.45. The summed E-state index contributed by atoms with van der Waals surface area (Å²) in [7, 11) is 1.61. The van der Waals surface area contributed by atoms with Crippen molar-refractivity contribution in [2.75, 3.05) is 13.9 Å². The van der Waals surface area contributed by atoms with Gasteiger partial charge in [0.05, 0.1) is 5.56 Å². The third-order valence-electron chi connectivity index (χ3n) is 2.35. The zero-order valence-corrected chi connectivity index (χ0v) is 10.7. The maximum Gasteiger partial charge on any atom is 0.188 e. The quantitative estimate of drug-likeness (QED) is 0.424. The first kappa shape index (κ1) is 13.6. The van der Waals surface area contributed by atoms with Crippen LogP contribution >= 0.6 is 0 Å². The van der Waals surface area contributed by atoms with Gasteiger partial charge in [0.25, 0.3) is 0 Å². The molecule has 0 atom stereocenters. The first-order valence-corrected chi connectivity index (χ1v) is 6.08. The molecule has 0 aliphatic carbocycles. The Morgan fingerprint density at radius 2 is 2.00 bits per heavy atom. The number of unbranched alkanes of at least 4 members (excludes halogenated alkanes) is 3. The third-order valence-corrected chi connectivity index (χ3v) is 2.35. The van der Waals surface area contributed by atoms with E-state index in [1.807, 2.05) is 24.3 Å². The molecule has 17 heavy (non-hydrogen) atoms. The maximum atomic E-state index is 5.44. The lowest BCUT2D eigenvalue weighted by Gasteiger charge is -2.05. The van der Waals surface area contributed by atoms with Crippen molar-refractivity contribution in [2.24, 2.45) is 0 Å². The number of rotatable bonds is 6. The van der Waals surface area contributed by atoms with Crippen LogP contribution in [0, 0.1) is 11.8 Å². The van der Waals surface area contributed by atoms with E-state index in [1.165, 1.54) is 19.3 Å². The Labute approximate surface area is 104 Å². The van der Waals surface area contributed by atoms with Crippen LogP contribution in [0.3, 0.4) is 0 Å². The van der Waals surface area contributed by atoms with Gasteiger partial charge in [-0.2, -0.15) is 0 Å². The van der Waals surface area contributed by atoms with Crippen LogP contribution in [0.4, 0.5) is 0 Å². The first-order valence-electron chi connectivity index (χ1n) is 6.08. The molecule has 0 aliphatic heterocycles. The molecule has 2 heteroatoms. The summed E-state index contributed by atoms with van der Waals surface area (Å²) < 4.78 is 10.3. The summed E-state index contributed by atoms with van der Waals surface area (Å²) in [4.78, 5) is 0. The SMILES string of the molecule is CCCCCC#Cc1ccccc1OCOC. The van der Waals surface area contributed by atoms with Gasteiger partial charge in [0, 0.05) is 13.5 Å². The van der Waals surface area contributed by atoms with Crippen LogP contribution in [0.25, 0.3) is 0 Å². The molecule has 2 nitrogen and oxygen atoms in total. The number of hydrogen-bond donors (Lipinski definition) is 0. The fourth-order valence-electron chi connectivity index (χ4n) is 1.44. The largest absolute Gasteiger partial charge is 0.466 e. The second kappa shape index (κ2) is 8.66. The van der Waals surface area contributed by atoms with Crippen LogP contribution < -0.4 is 4.74 Å². The number of hydrogen-bond acceptors (Lipinski definition) is 2. The fourth-order valence-corrected chi connectivity index (χ4v) is 1.44. The highest BCUT2D eigenvalue weighted by atomic mass is 16.7. The van der Waals surface area contributed by atoms with Crippen molar-refractivity contribution in [1.82, 2.24) is 0 Å². The van der Waals surface area contributed by atoms with Crippen LogP contribution in [0.2, 0.25) is 0 Å². The summed E-state index contributed by atoms with van der Waals surface area (Å²) in [6.07, 6.45) is 4.60. The number of benzene rings is 1. The van der Waals surface area contributed by atoms with Crippen LogP contribution in [0.5, 0.6) is 5.75 Å². The zero-order chi connectivity index (χ0) is 12.3. The monoisotopic (exact) mass is 232 g/mol. The highest BCUT2D eigenvalue weighted by molar-refractivity contribution is 5.45. The molecule has 0 aromatic heterocycles. The molecule has 0 radical (unpaired) electrons. The van der Waals surface area contributed by atoms with E-state index in [0.717, 1.165) is 17.7 Å². The molecule has 0 fully saturated rings. The normalized spacial score (nSPS) is 9.53. The molecule has 0 heterocycles. The third kappa shape index (κ3) is 5.42. The van der Waals surface area contributed by atoms with Gasteiger partial charge in [0.1, 0.15) is 5.75 Å². The van der Waals surface area contributed by atoms with Gasteiger partial charge < -0.3 is 9.47 Å². The number of ether oxygens (including phenoxy) is 2. The van der Waals surface area contributed by atoms with E-state index >= 15 is 0 Å². The Morgan fingerprint density at radius 3 is 2.76 bits per heavy atom. The van der Waals surface area contributed by atoms with Gasteiger partial charge in [-0.3, -0.25) is 0 Å². The minimum atomic E-state index is 0.258. The van der Waals surface area contributed by atoms with Crippen molar-refractivity contribution >= 4 is 0 Å². The van der Waals surface area contributed by atoms with Crippen molar-refractivity contribution < 1.29 is 9.47 Å². The van der Waals surface area contributed by atoms with E-state index < -0.39 is 0 Å². The Morgan fingerprint density at radius 1 is 1.18 bits per heavy atom. The standard InChI is InChI=1S/C15H20O2/c1-3-4-5-6-7-10-14-11-8-9-12-15(14)17-13-16-2/h8-9,11-12H,3-6,13H2,1-2H3. The predicted octanol–water partition coefficient (Wildman–Crippen LogP) is 3.60.